The third-order valence-corrected chi connectivity index (χ3v) is 5.68. The number of benzene rings is 3. The zero-order valence-corrected chi connectivity index (χ0v) is 23.3. The molecule has 0 saturated heterocycles. The van der Waals surface area contributed by atoms with Gasteiger partial charge in [0.2, 0.25) is 5.91 Å². The Labute approximate surface area is 233 Å². The number of nitrogens with one attached hydrogen (secondary N) is 1. The number of amides is 1. The van der Waals surface area contributed by atoms with Crippen LogP contribution in [0.1, 0.15) is 6.92 Å². The Morgan fingerprint density at radius 1 is 0.939 bits per heavy atom. The number of anilines is 1. The van der Waals surface area contributed by atoms with Gasteiger partial charge in [-0.25, -0.2) is 16.8 Å². The van der Waals surface area contributed by atoms with Crippen molar-refractivity contribution >= 4 is 54.0 Å². The van der Waals surface area contributed by atoms with Crippen LogP contribution < -0.4 is 64.4 Å². The molecular formula is C18H13N3Na2O8S2. The number of hydrogen-bond donors (Lipinski definition) is 2. The Hall–Kier alpha value is -1.39. The van der Waals surface area contributed by atoms with Crippen LogP contribution in [0.2, 0.25) is 0 Å². The van der Waals surface area contributed by atoms with E-state index < -0.39 is 47.4 Å². The largest absolute Gasteiger partial charge is 1.00 e. The molecule has 0 aliphatic heterocycles. The zero-order valence-electron chi connectivity index (χ0n) is 17.6. The predicted molar refractivity (Wildman–Crippen MR) is 106 cm³/mol. The number of carbonyl (C=O) groups excluding carboxylic acids is 1. The van der Waals surface area contributed by atoms with Crippen LogP contribution in [0, 0.1) is 0 Å². The third kappa shape index (κ3) is 7.05. The average Bonchev–Trinajstić information content (AvgIpc) is 2.65. The van der Waals surface area contributed by atoms with Gasteiger partial charge in [-0.2, -0.15) is 5.11 Å². The molecule has 0 saturated carbocycles. The normalized spacial score (nSPS) is 11.6. The van der Waals surface area contributed by atoms with Crippen molar-refractivity contribution in [3.63, 3.8) is 0 Å². The molecule has 0 radical (unpaired) electrons. The first-order valence-corrected chi connectivity index (χ1v) is 11.2. The molecule has 162 valence electrons. The van der Waals surface area contributed by atoms with E-state index in [4.69, 9.17) is 0 Å². The van der Waals surface area contributed by atoms with Gasteiger partial charge >= 0.3 is 59.1 Å². The zero-order chi connectivity index (χ0) is 23.0. The molecular weight excluding hydrogens is 496 g/mol. The molecule has 0 aromatic heterocycles. The van der Waals surface area contributed by atoms with E-state index >= 15 is 0 Å². The first kappa shape index (κ1) is 29.6. The summed E-state index contributed by atoms with van der Waals surface area (Å²) in [7, 11) is -10.2. The summed E-state index contributed by atoms with van der Waals surface area (Å²) >= 11 is 0. The maximum atomic E-state index is 11.8. The fourth-order valence-electron chi connectivity index (χ4n) is 2.78. The second-order valence-electron chi connectivity index (χ2n) is 6.27. The van der Waals surface area contributed by atoms with E-state index in [9.17, 15) is 35.8 Å². The summed E-state index contributed by atoms with van der Waals surface area (Å²) in [4.78, 5) is 9.74. The number of phenolic OH excluding ortho intramolecular Hbond substituents is 1. The molecule has 0 unspecified atom stereocenters. The summed E-state index contributed by atoms with van der Waals surface area (Å²) in [6.45, 7) is 1.09. The molecule has 0 spiro atoms. The Kier molecular flexibility index (Phi) is 10.2. The predicted octanol–water partition coefficient (Wildman–Crippen LogP) is -3.26. The van der Waals surface area contributed by atoms with Gasteiger partial charge in [0.25, 0.3) is 0 Å². The molecule has 33 heavy (non-hydrogen) atoms. The Bertz CT molecular complexity index is 1440. The van der Waals surface area contributed by atoms with E-state index in [1.807, 2.05) is 0 Å². The molecule has 0 atom stereocenters. The third-order valence-electron chi connectivity index (χ3n) is 4.01. The number of azo groups is 1. The molecule has 0 bridgehead atoms. The standard InChI is InChI=1S/C18H15N3O8S2.2Na/c1-10(22)19-14-9-13(30(24,25)26)7-11-8-15(31(27,28)29)17(18(23)16(11)14)21-20-12-5-3-2-4-6-12;;/h2-9,23H,1H3,(H,19,22)(H,24,25,26)(H,27,28,29);;/q;2*+1/p-2/b21-20+;;. The summed E-state index contributed by atoms with van der Waals surface area (Å²) in [5.74, 6) is -1.53. The van der Waals surface area contributed by atoms with Crippen molar-refractivity contribution in [1.82, 2.24) is 0 Å². The smallest absolute Gasteiger partial charge is 0.744 e. The van der Waals surface area contributed by atoms with E-state index in [2.05, 4.69) is 15.5 Å². The fraction of sp³-hybridized carbons (Fsp3) is 0.0556. The monoisotopic (exact) mass is 509 g/mol. The SMILES string of the molecule is CC(=O)Nc1cc(S(=O)(=O)[O-])cc2cc(S(=O)(=O)[O-])c(/N=N/c3ccccc3)c(O)c12.[Na+].[Na+]. The van der Waals surface area contributed by atoms with E-state index in [0.717, 1.165) is 25.1 Å². The van der Waals surface area contributed by atoms with Gasteiger partial charge in [0.1, 0.15) is 25.9 Å². The Balaban J connectivity index is 0.00000272. The van der Waals surface area contributed by atoms with Gasteiger partial charge in [0, 0.05) is 12.3 Å². The number of phenols is 1. The molecule has 3 rings (SSSR count). The molecule has 15 heteroatoms. The Morgan fingerprint density at radius 2 is 1.55 bits per heavy atom. The number of hydrogen-bond acceptors (Lipinski definition) is 10. The van der Waals surface area contributed by atoms with Gasteiger partial charge in [0.05, 0.1) is 21.2 Å². The summed E-state index contributed by atoms with van der Waals surface area (Å²) in [6.07, 6.45) is 0. The van der Waals surface area contributed by atoms with Crippen LogP contribution in [-0.4, -0.2) is 37.0 Å². The second kappa shape index (κ2) is 11.4. The van der Waals surface area contributed by atoms with Gasteiger partial charge in [0.15, 0.2) is 5.75 Å². The first-order chi connectivity index (χ1) is 14.4. The van der Waals surface area contributed by atoms with Gasteiger partial charge in [-0.3, -0.25) is 4.79 Å². The molecule has 0 heterocycles. The molecule has 0 aliphatic rings. The topological polar surface area (TPSA) is 188 Å². The van der Waals surface area contributed by atoms with Crippen LogP contribution in [0.25, 0.3) is 10.8 Å². The van der Waals surface area contributed by atoms with Crippen LogP contribution in [0.5, 0.6) is 5.75 Å². The van der Waals surface area contributed by atoms with Crippen LogP contribution in [0.15, 0.2) is 68.6 Å². The molecule has 0 aliphatic carbocycles. The Morgan fingerprint density at radius 3 is 2.06 bits per heavy atom. The summed E-state index contributed by atoms with van der Waals surface area (Å²) < 4.78 is 69.8. The van der Waals surface area contributed by atoms with Crippen molar-refractivity contribution < 1.29 is 95.0 Å². The molecule has 1 amide bonds. The van der Waals surface area contributed by atoms with Crippen LogP contribution in [-0.2, 0) is 25.0 Å². The van der Waals surface area contributed by atoms with Gasteiger partial charge in [-0.15, -0.1) is 5.11 Å². The van der Waals surface area contributed by atoms with Crippen molar-refractivity contribution in [1.29, 1.82) is 0 Å². The minimum absolute atomic E-state index is 0. The second-order valence-corrected chi connectivity index (χ2v) is 8.99. The quantitative estimate of drug-likeness (QED) is 0.204. The number of carbonyl (C=O) groups is 1. The van der Waals surface area contributed by atoms with Gasteiger partial charge in [-0.05, 0) is 35.7 Å². The number of rotatable bonds is 5. The van der Waals surface area contributed by atoms with E-state index in [1.165, 1.54) is 12.1 Å². The number of fused-ring (bicyclic) bond motifs is 1. The molecule has 0 fully saturated rings. The molecule has 11 nitrogen and oxygen atoms in total. The van der Waals surface area contributed by atoms with Gasteiger partial charge < -0.3 is 19.5 Å². The number of aromatic hydroxyl groups is 1. The van der Waals surface area contributed by atoms with E-state index in [-0.39, 0.29) is 81.3 Å². The van der Waals surface area contributed by atoms with Crippen LogP contribution in [0.4, 0.5) is 17.1 Å². The average molecular weight is 509 g/mol. The minimum Gasteiger partial charge on any atom is -0.744 e. The summed E-state index contributed by atoms with van der Waals surface area (Å²) in [5.41, 5.74) is -0.732. The van der Waals surface area contributed by atoms with Crippen LogP contribution in [0.3, 0.4) is 0 Å². The summed E-state index contributed by atoms with van der Waals surface area (Å²) in [5, 5.41) is 19.9. The number of nitrogens with zero attached hydrogens (tertiary/aromatic N) is 2. The molecule has 2 N–H and O–H groups in total. The maximum absolute atomic E-state index is 11.8. The van der Waals surface area contributed by atoms with Crippen molar-refractivity contribution in [2.75, 3.05) is 5.32 Å². The van der Waals surface area contributed by atoms with Gasteiger partial charge in [-0.1, -0.05) is 18.2 Å². The van der Waals surface area contributed by atoms with E-state index in [1.54, 1.807) is 18.2 Å². The fourth-order valence-corrected chi connectivity index (χ4v) is 3.96. The molecule has 3 aromatic carbocycles. The van der Waals surface area contributed by atoms with Crippen molar-refractivity contribution in [3.8, 4) is 5.75 Å². The van der Waals surface area contributed by atoms with Crippen LogP contribution >= 0.6 is 0 Å². The molecule has 3 aromatic rings. The first-order valence-electron chi connectivity index (χ1n) is 8.38. The summed E-state index contributed by atoms with van der Waals surface area (Å²) in [6, 6.07) is 10.3. The maximum Gasteiger partial charge on any atom is 1.00 e. The van der Waals surface area contributed by atoms with Crippen molar-refractivity contribution in [2.45, 2.75) is 16.7 Å². The van der Waals surface area contributed by atoms with Crippen molar-refractivity contribution in [2.24, 2.45) is 10.2 Å². The van der Waals surface area contributed by atoms with Crippen molar-refractivity contribution in [3.05, 3.63) is 48.5 Å². The van der Waals surface area contributed by atoms with E-state index in [0.29, 0.717) is 0 Å². The minimum atomic E-state index is -5.21.